The molecule has 0 atom stereocenters. The number of aromatic nitrogens is 2. The number of aromatic carboxylic acids is 1. The van der Waals surface area contributed by atoms with Crippen LogP contribution in [0.25, 0.3) is 0 Å². The second-order valence-corrected chi connectivity index (χ2v) is 4.84. The van der Waals surface area contributed by atoms with E-state index >= 15 is 0 Å². The van der Waals surface area contributed by atoms with E-state index in [2.05, 4.69) is 10.4 Å². The summed E-state index contributed by atoms with van der Waals surface area (Å²) in [4.78, 5) is 23.1. The number of carboxylic acid groups (broad SMARTS) is 1. The third-order valence-corrected chi connectivity index (χ3v) is 3.36. The molecule has 0 unspecified atom stereocenters. The van der Waals surface area contributed by atoms with E-state index in [1.54, 1.807) is 25.6 Å². The first-order valence-electron chi connectivity index (χ1n) is 6.42. The number of hydrogen-bond donors (Lipinski definition) is 2. The summed E-state index contributed by atoms with van der Waals surface area (Å²) in [6.45, 7) is 5.28. The van der Waals surface area contributed by atoms with Crippen LogP contribution >= 0.6 is 0 Å². The van der Waals surface area contributed by atoms with Gasteiger partial charge in [0.05, 0.1) is 17.8 Å². The fourth-order valence-electron chi connectivity index (χ4n) is 2.20. The van der Waals surface area contributed by atoms with Gasteiger partial charge in [-0.2, -0.15) is 5.10 Å². The van der Waals surface area contributed by atoms with Crippen molar-refractivity contribution in [2.45, 2.75) is 27.3 Å². The summed E-state index contributed by atoms with van der Waals surface area (Å²) in [5, 5.41) is 15.8. The fourth-order valence-corrected chi connectivity index (χ4v) is 2.20. The number of furan rings is 1. The maximum Gasteiger partial charge on any atom is 0.339 e. The monoisotopic (exact) mass is 291 g/mol. The molecule has 2 N–H and O–H groups in total. The van der Waals surface area contributed by atoms with E-state index in [9.17, 15) is 9.59 Å². The molecule has 112 valence electrons. The van der Waals surface area contributed by atoms with Crippen LogP contribution in [0.1, 0.15) is 43.6 Å². The first kappa shape index (κ1) is 14.8. The van der Waals surface area contributed by atoms with Crippen molar-refractivity contribution in [1.82, 2.24) is 15.1 Å². The molecule has 2 aromatic rings. The van der Waals surface area contributed by atoms with Gasteiger partial charge in [0.25, 0.3) is 5.91 Å². The molecule has 0 aromatic carbocycles. The predicted octanol–water partition coefficient (Wildman–Crippen LogP) is 1.57. The lowest BCUT2D eigenvalue weighted by molar-refractivity contribution is 0.0694. The van der Waals surface area contributed by atoms with Gasteiger partial charge in [0.15, 0.2) is 0 Å². The molecule has 7 heteroatoms. The van der Waals surface area contributed by atoms with E-state index in [0.29, 0.717) is 22.8 Å². The molecule has 7 nitrogen and oxygen atoms in total. The van der Waals surface area contributed by atoms with Crippen LogP contribution in [-0.4, -0.2) is 26.8 Å². The predicted molar refractivity (Wildman–Crippen MR) is 74.3 cm³/mol. The summed E-state index contributed by atoms with van der Waals surface area (Å²) < 4.78 is 6.95. The topological polar surface area (TPSA) is 97.4 Å². The molecule has 0 spiro atoms. The largest absolute Gasteiger partial charge is 0.478 e. The van der Waals surface area contributed by atoms with Gasteiger partial charge in [-0.1, -0.05) is 0 Å². The standard InChI is InChI=1S/C14H17N3O4/c1-7-12(8(2)17(4)16-7)13(18)15-6-10-5-11(14(19)20)9(3)21-10/h5H,6H2,1-4H3,(H,15,18)(H,19,20). The van der Waals surface area contributed by atoms with Crippen molar-refractivity contribution >= 4 is 11.9 Å². The molecule has 21 heavy (non-hydrogen) atoms. The van der Waals surface area contributed by atoms with Crippen molar-refractivity contribution in [3.05, 3.63) is 40.1 Å². The Labute approximate surface area is 121 Å². The smallest absolute Gasteiger partial charge is 0.339 e. The number of carbonyl (C=O) groups excluding carboxylic acids is 1. The van der Waals surface area contributed by atoms with Gasteiger partial charge in [0.1, 0.15) is 17.1 Å². The number of nitrogens with one attached hydrogen (secondary N) is 1. The van der Waals surface area contributed by atoms with Gasteiger partial charge in [-0.15, -0.1) is 0 Å². The van der Waals surface area contributed by atoms with Crippen LogP contribution in [0, 0.1) is 20.8 Å². The molecule has 0 radical (unpaired) electrons. The molecule has 0 aliphatic heterocycles. The molecular formula is C14H17N3O4. The molecular weight excluding hydrogens is 274 g/mol. The lowest BCUT2D eigenvalue weighted by Gasteiger charge is -2.03. The Balaban J connectivity index is 2.11. The SMILES string of the molecule is Cc1nn(C)c(C)c1C(=O)NCc1cc(C(=O)O)c(C)o1. The van der Waals surface area contributed by atoms with E-state index in [0.717, 1.165) is 5.69 Å². The summed E-state index contributed by atoms with van der Waals surface area (Å²) in [6.07, 6.45) is 0. The number of carboxylic acids is 1. The molecule has 1 amide bonds. The molecule has 0 fully saturated rings. The lowest BCUT2D eigenvalue weighted by atomic mass is 10.2. The number of hydrogen-bond acceptors (Lipinski definition) is 4. The van der Waals surface area contributed by atoms with Gasteiger partial charge < -0.3 is 14.8 Å². The number of carbonyl (C=O) groups is 2. The van der Waals surface area contributed by atoms with Gasteiger partial charge in [-0.25, -0.2) is 4.79 Å². The first-order valence-corrected chi connectivity index (χ1v) is 6.42. The maximum absolute atomic E-state index is 12.2. The first-order chi connectivity index (χ1) is 9.81. The molecule has 0 aliphatic carbocycles. The highest BCUT2D eigenvalue weighted by Gasteiger charge is 2.18. The van der Waals surface area contributed by atoms with Crippen molar-refractivity contribution in [1.29, 1.82) is 0 Å². The Morgan fingerprint density at radius 3 is 2.52 bits per heavy atom. The quantitative estimate of drug-likeness (QED) is 0.891. The van der Waals surface area contributed by atoms with Crippen LogP contribution < -0.4 is 5.32 Å². The van der Waals surface area contributed by atoms with Crippen LogP contribution in [0.2, 0.25) is 0 Å². The fraction of sp³-hybridized carbons (Fsp3) is 0.357. The highest BCUT2D eigenvalue weighted by atomic mass is 16.4. The Morgan fingerprint density at radius 1 is 1.38 bits per heavy atom. The van der Waals surface area contributed by atoms with Crippen LogP contribution in [0.3, 0.4) is 0 Å². The van der Waals surface area contributed by atoms with Crippen LogP contribution in [0.4, 0.5) is 0 Å². The summed E-state index contributed by atoms with van der Waals surface area (Å²) >= 11 is 0. The highest BCUT2D eigenvalue weighted by molar-refractivity contribution is 5.96. The number of aryl methyl sites for hydroxylation is 3. The molecule has 0 aliphatic rings. The molecule has 0 bridgehead atoms. The Morgan fingerprint density at radius 2 is 2.05 bits per heavy atom. The average Bonchev–Trinajstić information content (AvgIpc) is 2.88. The maximum atomic E-state index is 12.2. The van der Waals surface area contributed by atoms with Gasteiger partial charge in [-0.05, 0) is 26.8 Å². The summed E-state index contributed by atoms with van der Waals surface area (Å²) in [7, 11) is 1.77. The molecule has 2 rings (SSSR count). The van der Waals surface area contributed by atoms with Crippen molar-refractivity contribution in [3.8, 4) is 0 Å². The van der Waals surface area contributed by atoms with E-state index in [-0.39, 0.29) is 18.0 Å². The van der Waals surface area contributed by atoms with Crippen molar-refractivity contribution in [2.24, 2.45) is 7.05 Å². The minimum absolute atomic E-state index is 0.105. The zero-order valence-electron chi connectivity index (χ0n) is 12.4. The van der Waals surface area contributed by atoms with Gasteiger partial charge in [-0.3, -0.25) is 9.48 Å². The van der Waals surface area contributed by atoms with Crippen molar-refractivity contribution < 1.29 is 19.1 Å². The van der Waals surface area contributed by atoms with Gasteiger partial charge >= 0.3 is 5.97 Å². The normalized spacial score (nSPS) is 10.7. The molecule has 0 saturated carbocycles. The number of amides is 1. The number of nitrogens with zero attached hydrogens (tertiary/aromatic N) is 2. The second kappa shape index (κ2) is 5.43. The van der Waals surface area contributed by atoms with Crippen LogP contribution in [0.15, 0.2) is 10.5 Å². The number of rotatable bonds is 4. The van der Waals surface area contributed by atoms with E-state index in [1.807, 2.05) is 6.92 Å². The van der Waals surface area contributed by atoms with Gasteiger partial charge in [0.2, 0.25) is 0 Å². The third kappa shape index (κ3) is 2.81. The Bertz CT molecular complexity index is 712. The molecule has 2 heterocycles. The Kier molecular flexibility index (Phi) is 3.84. The van der Waals surface area contributed by atoms with Crippen LogP contribution in [-0.2, 0) is 13.6 Å². The molecule has 2 aromatic heterocycles. The minimum atomic E-state index is -1.05. The summed E-state index contributed by atoms with van der Waals surface area (Å²) in [5.41, 5.74) is 2.05. The second-order valence-electron chi connectivity index (χ2n) is 4.84. The van der Waals surface area contributed by atoms with Gasteiger partial charge in [0, 0.05) is 12.7 Å². The summed E-state index contributed by atoms with van der Waals surface area (Å²) in [6, 6.07) is 1.42. The lowest BCUT2D eigenvalue weighted by Crippen LogP contribution is -2.23. The average molecular weight is 291 g/mol. The molecule has 0 saturated heterocycles. The highest BCUT2D eigenvalue weighted by Crippen LogP contribution is 2.15. The summed E-state index contributed by atoms with van der Waals surface area (Å²) in [5.74, 6) is -0.588. The Hall–Kier alpha value is -2.57. The van der Waals surface area contributed by atoms with E-state index < -0.39 is 5.97 Å². The van der Waals surface area contributed by atoms with E-state index in [4.69, 9.17) is 9.52 Å². The zero-order valence-corrected chi connectivity index (χ0v) is 12.4. The zero-order chi connectivity index (χ0) is 15.7. The third-order valence-electron chi connectivity index (χ3n) is 3.36. The van der Waals surface area contributed by atoms with Crippen LogP contribution in [0.5, 0.6) is 0 Å². The minimum Gasteiger partial charge on any atom is -0.478 e. The van der Waals surface area contributed by atoms with Crippen molar-refractivity contribution in [2.75, 3.05) is 0 Å². The van der Waals surface area contributed by atoms with Crippen molar-refractivity contribution in [3.63, 3.8) is 0 Å². The van der Waals surface area contributed by atoms with E-state index in [1.165, 1.54) is 6.07 Å².